The second-order valence-electron chi connectivity index (χ2n) is 4.09. The standard InChI is InChI=1S/C12H15ClN2O4S/c1-20(18,19)10-4-2-9(3-5-10)8-14-12(17)15-11(16)6-7-13/h2-5H,6-8H2,1H3,(H2,14,15,16,17). The van der Waals surface area contributed by atoms with Crippen molar-refractivity contribution in [3.63, 3.8) is 0 Å². The zero-order valence-corrected chi connectivity index (χ0v) is 12.4. The van der Waals surface area contributed by atoms with E-state index < -0.39 is 21.8 Å². The van der Waals surface area contributed by atoms with Crippen molar-refractivity contribution in [1.82, 2.24) is 10.6 Å². The van der Waals surface area contributed by atoms with Crippen LogP contribution in [-0.2, 0) is 21.2 Å². The van der Waals surface area contributed by atoms with Crippen molar-refractivity contribution < 1.29 is 18.0 Å². The number of alkyl halides is 1. The molecule has 0 saturated heterocycles. The van der Waals surface area contributed by atoms with Crippen LogP contribution in [-0.4, -0.2) is 32.5 Å². The van der Waals surface area contributed by atoms with E-state index in [1.807, 2.05) is 0 Å². The van der Waals surface area contributed by atoms with Gasteiger partial charge in [0.15, 0.2) is 9.84 Å². The highest BCUT2D eigenvalue weighted by atomic mass is 35.5. The van der Waals surface area contributed by atoms with Gasteiger partial charge in [0.25, 0.3) is 0 Å². The number of carbonyl (C=O) groups excluding carboxylic acids is 2. The number of nitrogens with one attached hydrogen (secondary N) is 2. The second kappa shape index (κ2) is 7.25. The first-order valence-electron chi connectivity index (χ1n) is 5.75. The third kappa shape index (κ3) is 5.58. The number of amides is 3. The fourth-order valence-corrected chi connectivity index (χ4v) is 2.16. The largest absolute Gasteiger partial charge is 0.334 e. The molecule has 20 heavy (non-hydrogen) atoms. The summed E-state index contributed by atoms with van der Waals surface area (Å²) in [5.74, 6) is -0.309. The highest BCUT2D eigenvalue weighted by Gasteiger charge is 2.08. The van der Waals surface area contributed by atoms with Crippen LogP contribution in [0.15, 0.2) is 29.2 Å². The molecule has 1 aromatic rings. The highest BCUT2D eigenvalue weighted by molar-refractivity contribution is 7.90. The van der Waals surface area contributed by atoms with Crippen LogP contribution in [0.25, 0.3) is 0 Å². The Hall–Kier alpha value is -1.60. The lowest BCUT2D eigenvalue weighted by Gasteiger charge is -2.06. The van der Waals surface area contributed by atoms with Crippen molar-refractivity contribution in [3.05, 3.63) is 29.8 Å². The lowest BCUT2D eigenvalue weighted by Crippen LogP contribution is -2.39. The van der Waals surface area contributed by atoms with Crippen molar-refractivity contribution in [1.29, 1.82) is 0 Å². The van der Waals surface area contributed by atoms with E-state index in [9.17, 15) is 18.0 Å². The molecule has 0 unspecified atom stereocenters. The molecule has 0 spiro atoms. The Kier molecular flexibility index (Phi) is 5.97. The van der Waals surface area contributed by atoms with Crippen LogP contribution in [0.3, 0.4) is 0 Å². The third-order valence-electron chi connectivity index (χ3n) is 2.38. The first kappa shape index (κ1) is 16.5. The Labute approximate surface area is 122 Å². The summed E-state index contributed by atoms with van der Waals surface area (Å²) in [6.07, 6.45) is 1.19. The van der Waals surface area contributed by atoms with Gasteiger partial charge in [-0.25, -0.2) is 13.2 Å². The van der Waals surface area contributed by atoms with Crippen LogP contribution in [0.5, 0.6) is 0 Å². The molecule has 8 heteroatoms. The molecular formula is C12H15ClN2O4S. The Bertz CT molecular complexity index is 584. The molecule has 0 aliphatic carbocycles. The van der Waals surface area contributed by atoms with Gasteiger partial charge in [0.2, 0.25) is 5.91 Å². The SMILES string of the molecule is CS(=O)(=O)c1ccc(CNC(=O)NC(=O)CCCl)cc1. The Morgan fingerprint density at radius 3 is 2.30 bits per heavy atom. The monoisotopic (exact) mass is 318 g/mol. The number of sulfone groups is 1. The summed E-state index contributed by atoms with van der Waals surface area (Å²) >= 11 is 5.36. The summed E-state index contributed by atoms with van der Waals surface area (Å²) in [6.45, 7) is 0.185. The van der Waals surface area contributed by atoms with Crippen molar-refractivity contribution in [2.45, 2.75) is 17.9 Å². The zero-order chi connectivity index (χ0) is 15.2. The van der Waals surface area contributed by atoms with Gasteiger partial charge in [0, 0.05) is 25.1 Å². The molecule has 0 fully saturated rings. The minimum atomic E-state index is -3.23. The van der Waals surface area contributed by atoms with Crippen molar-refractivity contribution >= 4 is 33.4 Å². The fourth-order valence-electron chi connectivity index (χ4n) is 1.36. The van der Waals surface area contributed by atoms with E-state index in [-0.39, 0.29) is 23.7 Å². The molecule has 2 N–H and O–H groups in total. The quantitative estimate of drug-likeness (QED) is 0.794. The number of benzene rings is 1. The first-order chi connectivity index (χ1) is 9.32. The summed E-state index contributed by atoms with van der Waals surface area (Å²) in [5, 5.41) is 4.60. The average molecular weight is 319 g/mol. The van der Waals surface area contributed by atoms with E-state index in [2.05, 4.69) is 10.6 Å². The van der Waals surface area contributed by atoms with Gasteiger partial charge in [-0.3, -0.25) is 10.1 Å². The lowest BCUT2D eigenvalue weighted by molar-refractivity contribution is -0.119. The number of rotatable bonds is 5. The summed E-state index contributed by atoms with van der Waals surface area (Å²) in [4.78, 5) is 22.7. The molecule has 0 aliphatic heterocycles. The lowest BCUT2D eigenvalue weighted by atomic mass is 10.2. The van der Waals surface area contributed by atoms with Gasteiger partial charge >= 0.3 is 6.03 Å². The van der Waals surface area contributed by atoms with Crippen LogP contribution in [0, 0.1) is 0 Å². The average Bonchev–Trinajstić information content (AvgIpc) is 2.36. The molecular weight excluding hydrogens is 304 g/mol. The van der Waals surface area contributed by atoms with Gasteiger partial charge in [-0.15, -0.1) is 11.6 Å². The van der Waals surface area contributed by atoms with Crippen LogP contribution < -0.4 is 10.6 Å². The van der Waals surface area contributed by atoms with Crippen LogP contribution >= 0.6 is 11.6 Å². The molecule has 1 aromatic carbocycles. The molecule has 0 saturated carbocycles. The number of hydrogen-bond acceptors (Lipinski definition) is 4. The van der Waals surface area contributed by atoms with Crippen molar-refractivity contribution in [3.8, 4) is 0 Å². The Morgan fingerprint density at radius 2 is 1.80 bits per heavy atom. The smallest absolute Gasteiger partial charge is 0.321 e. The first-order valence-corrected chi connectivity index (χ1v) is 8.18. The maximum Gasteiger partial charge on any atom is 0.321 e. The molecule has 0 aliphatic rings. The van der Waals surface area contributed by atoms with E-state index in [0.717, 1.165) is 11.8 Å². The number of imide groups is 1. The summed E-state index contributed by atoms with van der Waals surface area (Å²) in [7, 11) is -3.23. The highest BCUT2D eigenvalue weighted by Crippen LogP contribution is 2.09. The Balaban J connectivity index is 2.50. The number of carbonyl (C=O) groups is 2. The molecule has 110 valence electrons. The number of hydrogen-bond donors (Lipinski definition) is 2. The Morgan fingerprint density at radius 1 is 1.20 bits per heavy atom. The predicted molar refractivity (Wildman–Crippen MR) is 75.3 cm³/mol. The topological polar surface area (TPSA) is 92.3 Å². The van der Waals surface area contributed by atoms with Gasteiger partial charge in [0.05, 0.1) is 4.90 Å². The maximum atomic E-state index is 11.3. The van der Waals surface area contributed by atoms with E-state index >= 15 is 0 Å². The van der Waals surface area contributed by atoms with Gasteiger partial charge in [-0.1, -0.05) is 12.1 Å². The number of halogens is 1. The van der Waals surface area contributed by atoms with Gasteiger partial charge in [-0.05, 0) is 17.7 Å². The molecule has 1 rings (SSSR count). The summed E-state index contributed by atoms with van der Waals surface area (Å²) in [6, 6.07) is 5.49. The van der Waals surface area contributed by atoms with Gasteiger partial charge < -0.3 is 5.32 Å². The zero-order valence-electron chi connectivity index (χ0n) is 10.8. The molecule has 0 heterocycles. The predicted octanol–water partition coefficient (Wildman–Crippen LogP) is 1.04. The van der Waals surface area contributed by atoms with Gasteiger partial charge in [0.1, 0.15) is 0 Å². The molecule has 3 amide bonds. The maximum absolute atomic E-state index is 11.3. The third-order valence-corrected chi connectivity index (χ3v) is 3.70. The van der Waals surface area contributed by atoms with Crippen molar-refractivity contribution in [2.75, 3.05) is 12.1 Å². The fraction of sp³-hybridized carbons (Fsp3) is 0.333. The molecule has 0 atom stereocenters. The molecule has 0 aromatic heterocycles. The van der Waals surface area contributed by atoms with E-state index in [1.165, 1.54) is 12.1 Å². The second-order valence-corrected chi connectivity index (χ2v) is 6.48. The molecule has 6 nitrogen and oxygen atoms in total. The molecule has 0 bridgehead atoms. The van der Waals surface area contributed by atoms with Gasteiger partial charge in [-0.2, -0.15) is 0 Å². The van der Waals surface area contributed by atoms with Crippen LogP contribution in [0.1, 0.15) is 12.0 Å². The van der Waals surface area contributed by atoms with E-state index in [1.54, 1.807) is 12.1 Å². The molecule has 0 radical (unpaired) electrons. The van der Waals surface area contributed by atoms with Crippen molar-refractivity contribution in [2.24, 2.45) is 0 Å². The number of urea groups is 1. The minimum Gasteiger partial charge on any atom is -0.334 e. The summed E-state index contributed by atoms with van der Waals surface area (Å²) < 4.78 is 22.5. The van der Waals surface area contributed by atoms with Crippen LogP contribution in [0.4, 0.5) is 4.79 Å². The van der Waals surface area contributed by atoms with E-state index in [0.29, 0.717) is 0 Å². The van der Waals surface area contributed by atoms with Crippen LogP contribution in [0.2, 0.25) is 0 Å². The van der Waals surface area contributed by atoms with E-state index in [4.69, 9.17) is 11.6 Å². The normalized spacial score (nSPS) is 10.9. The minimum absolute atomic E-state index is 0.0675. The summed E-state index contributed by atoms with van der Waals surface area (Å²) in [5.41, 5.74) is 0.720.